The Morgan fingerprint density at radius 3 is 2.57 bits per heavy atom. The van der Waals surface area contributed by atoms with Gasteiger partial charge in [-0.1, -0.05) is 18.2 Å². The van der Waals surface area contributed by atoms with Crippen LogP contribution >= 0.6 is 11.8 Å². The number of carbonyl (C=O) groups excluding carboxylic acids is 1. The zero-order valence-corrected chi connectivity index (χ0v) is 12.8. The van der Waals surface area contributed by atoms with Gasteiger partial charge >= 0.3 is 0 Å². The topological polar surface area (TPSA) is 44.1 Å². The highest BCUT2D eigenvalue weighted by Crippen LogP contribution is 2.39. The Labute approximate surface area is 136 Å². The van der Waals surface area contributed by atoms with Gasteiger partial charge in [0.25, 0.3) is 0 Å². The van der Waals surface area contributed by atoms with Gasteiger partial charge in [0.15, 0.2) is 11.6 Å². The van der Waals surface area contributed by atoms with Crippen LogP contribution in [0.1, 0.15) is 22.1 Å². The van der Waals surface area contributed by atoms with Crippen LogP contribution in [-0.2, 0) is 11.3 Å². The molecule has 0 N–H and O–H groups in total. The minimum absolute atomic E-state index is 0.0471. The maximum atomic E-state index is 13.3. The molecule has 2 aromatic carbocycles. The van der Waals surface area contributed by atoms with Crippen molar-refractivity contribution in [3.8, 4) is 6.07 Å². The Bertz CT molecular complexity index is 786. The highest BCUT2D eigenvalue weighted by Gasteiger charge is 2.32. The van der Waals surface area contributed by atoms with E-state index >= 15 is 0 Å². The van der Waals surface area contributed by atoms with Gasteiger partial charge in [0.2, 0.25) is 5.91 Å². The highest BCUT2D eigenvalue weighted by molar-refractivity contribution is 8.00. The maximum Gasteiger partial charge on any atom is 0.234 e. The predicted octanol–water partition coefficient (Wildman–Crippen LogP) is 3.61. The van der Waals surface area contributed by atoms with Gasteiger partial charge < -0.3 is 4.90 Å². The third kappa shape index (κ3) is 3.20. The van der Waals surface area contributed by atoms with Crippen molar-refractivity contribution in [3.05, 3.63) is 70.8 Å². The predicted molar refractivity (Wildman–Crippen MR) is 83.3 cm³/mol. The van der Waals surface area contributed by atoms with E-state index in [9.17, 15) is 13.6 Å². The summed E-state index contributed by atoms with van der Waals surface area (Å²) in [5, 5.41) is 8.65. The van der Waals surface area contributed by atoms with Crippen LogP contribution in [0.4, 0.5) is 8.78 Å². The van der Waals surface area contributed by atoms with Gasteiger partial charge in [0, 0.05) is 6.54 Å². The molecule has 1 unspecified atom stereocenters. The first-order valence-electron chi connectivity index (χ1n) is 6.93. The fraction of sp³-hybridized carbons (Fsp3) is 0.176. The number of benzene rings is 2. The zero-order valence-electron chi connectivity index (χ0n) is 12.0. The number of hydrogen-bond donors (Lipinski definition) is 0. The van der Waals surface area contributed by atoms with Crippen LogP contribution in [0.25, 0.3) is 0 Å². The van der Waals surface area contributed by atoms with Gasteiger partial charge in [-0.15, -0.1) is 11.8 Å². The van der Waals surface area contributed by atoms with E-state index in [0.29, 0.717) is 16.9 Å². The molecule has 1 fully saturated rings. The lowest BCUT2D eigenvalue weighted by Gasteiger charge is -2.24. The monoisotopic (exact) mass is 330 g/mol. The molecule has 1 atom stereocenters. The standard InChI is InChI=1S/C17H12F2N2OS/c18-14-6-3-12(7-15(14)19)9-21-16(22)10-23-17(21)13-4-1-11(8-20)2-5-13/h1-7,17H,9-10H2. The molecule has 0 aromatic heterocycles. The summed E-state index contributed by atoms with van der Waals surface area (Å²) in [6, 6.07) is 12.7. The van der Waals surface area contributed by atoms with E-state index in [2.05, 4.69) is 6.07 Å². The van der Waals surface area contributed by atoms with Crippen LogP contribution in [0.5, 0.6) is 0 Å². The first kappa shape index (κ1) is 15.5. The lowest BCUT2D eigenvalue weighted by atomic mass is 10.1. The van der Waals surface area contributed by atoms with Gasteiger partial charge in [0.05, 0.1) is 17.4 Å². The summed E-state index contributed by atoms with van der Waals surface area (Å²) in [5.41, 5.74) is 2.00. The molecule has 0 spiro atoms. The second-order valence-electron chi connectivity index (χ2n) is 5.17. The number of rotatable bonds is 3. The molecule has 0 radical (unpaired) electrons. The summed E-state index contributed by atoms with van der Waals surface area (Å²) in [6.07, 6.45) is 0. The third-order valence-electron chi connectivity index (χ3n) is 3.63. The first-order chi connectivity index (χ1) is 11.1. The smallest absolute Gasteiger partial charge is 0.234 e. The summed E-state index contributed by atoms with van der Waals surface area (Å²) >= 11 is 1.48. The summed E-state index contributed by atoms with van der Waals surface area (Å²) in [5.74, 6) is -1.53. The second kappa shape index (κ2) is 6.39. The summed E-state index contributed by atoms with van der Waals surface area (Å²) < 4.78 is 26.4. The van der Waals surface area contributed by atoms with Gasteiger partial charge in [-0.2, -0.15) is 5.26 Å². The van der Waals surface area contributed by atoms with E-state index < -0.39 is 11.6 Å². The molecule has 3 rings (SSSR count). The Hall–Kier alpha value is -2.39. The Kier molecular flexibility index (Phi) is 4.30. The molecule has 1 aliphatic heterocycles. The number of nitriles is 1. The van der Waals surface area contributed by atoms with Crippen LogP contribution in [0, 0.1) is 23.0 Å². The van der Waals surface area contributed by atoms with Crippen molar-refractivity contribution < 1.29 is 13.6 Å². The third-order valence-corrected chi connectivity index (χ3v) is 4.89. The molecule has 23 heavy (non-hydrogen) atoms. The Morgan fingerprint density at radius 2 is 1.91 bits per heavy atom. The van der Waals surface area contributed by atoms with Gasteiger partial charge in [-0.3, -0.25) is 4.79 Å². The molecule has 116 valence electrons. The number of carbonyl (C=O) groups is 1. The van der Waals surface area contributed by atoms with E-state index in [4.69, 9.17) is 5.26 Å². The molecule has 0 aliphatic carbocycles. The Morgan fingerprint density at radius 1 is 1.17 bits per heavy atom. The van der Waals surface area contributed by atoms with E-state index in [1.54, 1.807) is 17.0 Å². The largest absolute Gasteiger partial charge is 0.322 e. The van der Waals surface area contributed by atoms with Crippen LogP contribution in [-0.4, -0.2) is 16.6 Å². The number of hydrogen-bond acceptors (Lipinski definition) is 3. The van der Waals surface area contributed by atoms with Crippen molar-refractivity contribution in [2.45, 2.75) is 11.9 Å². The fourth-order valence-corrected chi connectivity index (χ4v) is 3.65. The fourth-order valence-electron chi connectivity index (χ4n) is 2.46. The van der Waals surface area contributed by atoms with Crippen molar-refractivity contribution in [1.29, 1.82) is 5.26 Å². The van der Waals surface area contributed by atoms with E-state index in [-0.39, 0.29) is 17.8 Å². The molecule has 1 saturated heterocycles. The Balaban J connectivity index is 1.84. The lowest BCUT2D eigenvalue weighted by molar-refractivity contribution is -0.128. The molecule has 2 aromatic rings. The average molecular weight is 330 g/mol. The van der Waals surface area contributed by atoms with Crippen LogP contribution in [0.2, 0.25) is 0 Å². The molecular formula is C17H12F2N2OS. The molecule has 1 amide bonds. The lowest BCUT2D eigenvalue weighted by Crippen LogP contribution is -2.27. The number of halogens is 2. The molecule has 6 heteroatoms. The SMILES string of the molecule is N#Cc1ccc(C2SCC(=O)N2Cc2ccc(F)c(F)c2)cc1. The molecule has 3 nitrogen and oxygen atoms in total. The molecule has 1 heterocycles. The highest BCUT2D eigenvalue weighted by atomic mass is 32.2. The average Bonchev–Trinajstić information content (AvgIpc) is 2.92. The number of amides is 1. The van der Waals surface area contributed by atoms with Gasteiger partial charge in [0.1, 0.15) is 5.37 Å². The quantitative estimate of drug-likeness (QED) is 0.863. The first-order valence-corrected chi connectivity index (χ1v) is 7.98. The van der Waals surface area contributed by atoms with Crippen LogP contribution < -0.4 is 0 Å². The van der Waals surface area contributed by atoms with Crippen LogP contribution in [0.15, 0.2) is 42.5 Å². The minimum atomic E-state index is -0.920. The molecule has 0 saturated carbocycles. The number of nitrogens with zero attached hydrogens (tertiary/aromatic N) is 2. The van der Waals surface area contributed by atoms with E-state index in [1.165, 1.54) is 17.8 Å². The van der Waals surface area contributed by atoms with Gasteiger partial charge in [-0.25, -0.2) is 8.78 Å². The maximum absolute atomic E-state index is 13.3. The normalized spacial score (nSPS) is 17.3. The van der Waals surface area contributed by atoms with Crippen molar-refractivity contribution in [2.75, 3.05) is 5.75 Å². The van der Waals surface area contributed by atoms with E-state index in [0.717, 1.165) is 17.7 Å². The number of thioether (sulfide) groups is 1. The summed E-state index contributed by atoms with van der Waals surface area (Å²) in [7, 11) is 0. The van der Waals surface area contributed by atoms with Crippen molar-refractivity contribution >= 4 is 17.7 Å². The molecule has 1 aliphatic rings. The zero-order chi connectivity index (χ0) is 16.4. The van der Waals surface area contributed by atoms with Crippen LogP contribution in [0.3, 0.4) is 0 Å². The minimum Gasteiger partial charge on any atom is -0.322 e. The van der Waals surface area contributed by atoms with Crippen molar-refractivity contribution in [3.63, 3.8) is 0 Å². The van der Waals surface area contributed by atoms with Crippen molar-refractivity contribution in [1.82, 2.24) is 4.90 Å². The van der Waals surface area contributed by atoms with Crippen molar-refractivity contribution in [2.24, 2.45) is 0 Å². The van der Waals surface area contributed by atoms with Gasteiger partial charge in [-0.05, 0) is 35.4 Å². The second-order valence-corrected chi connectivity index (χ2v) is 6.24. The van der Waals surface area contributed by atoms with E-state index in [1.807, 2.05) is 12.1 Å². The summed E-state index contributed by atoms with van der Waals surface area (Å²) in [6.45, 7) is 0.216. The molecular weight excluding hydrogens is 318 g/mol. The summed E-state index contributed by atoms with van der Waals surface area (Å²) in [4.78, 5) is 13.8. The molecule has 0 bridgehead atoms.